The summed E-state index contributed by atoms with van der Waals surface area (Å²) in [6, 6.07) is 13.8. The maximum atomic E-state index is 13.2. The van der Waals surface area contributed by atoms with Crippen LogP contribution < -0.4 is 16.4 Å². The van der Waals surface area contributed by atoms with Gasteiger partial charge in [-0.05, 0) is 36.1 Å². The third kappa shape index (κ3) is 4.03. The van der Waals surface area contributed by atoms with E-state index in [0.29, 0.717) is 0 Å². The lowest BCUT2D eigenvalue weighted by molar-refractivity contribution is -0.137. The molecular formula is C22H22F3N3O2. The van der Waals surface area contributed by atoms with Crippen molar-refractivity contribution in [2.75, 3.05) is 11.4 Å². The minimum atomic E-state index is -4.53. The number of anilines is 1. The topological polar surface area (TPSA) is 89.4 Å². The van der Waals surface area contributed by atoms with Crippen LogP contribution in [0.3, 0.4) is 0 Å². The number of primary amides is 2. The summed E-state index contributed by atoms with van der Waals surface area (Å²) in [6.45, 7) is 1.82. The number of benzene rings is 2. The third-order valence-electron chi connectivity index (χ3n) is 5.71. The lowest BCUT2D eigenvalue weighted by atomic mass is 9.66. The Labute approximate surface area is 172 Å². The number of carbonyl (C=O) groups excluding carboxylic acids is 2. The number of hydrogen-bond acceptors (Lipinski definition) is 3. The highest BCUT2D eigenvalue weighted by Crippen LogP contribution is 2.45. The van der Waals surface area contributed by atoms with Crippen LogP contribution in [0.4, 0.5) is 18.9 Å². The molecule has 2 atom stereocenters. The van der Waals surface area contributed by atoms with Crippen molar-refractivity contribution in [2.45, 2.75) is 25.4 Å². The van der Waals surface area contributed by atoms with Crippen molar-refractivity contribution < 1.29 is 22.8 Å². The van der Waals surface area contributed by atoms with Crippen LogP contribution in [0.1, 0.15) is 30.4 Å². The molecule has 2 aromatic rings. The molecule has 158 valence electrons. The zero-order chi connectivity index (χ0) is 22.1. The number of carbonyl (C=O) groups is 2. The molecule has 8 heteroatoms. The Kier molecular flexibility index (Phi) is 5.61. The van der Waals surface area contributed by atoms with Gasteiger partial charge in [-0.25, -0.2) is 0 Å². The summed E-state index contributed by atoms with van der Waals surface area (Å²) in [6.07, 6.45) is -3.12. The lowest BCUT2D eigenvalue weighted by Gasteiger charge is -2.44. The zero-order valence-electron chi connectivity index (χ0n) is 16.3. The van der Waals surface area contributed by atoms with Crippen LogP contribution in [0.5, 0.6) is 0 Å². The van der Waals surface area contributed by atoms with Gasteiger partial charge in [0.05, 0.1) is 11.0 Å². The molecule has 0 bridgehead atoms. The molecule has 2 amide bonds. The number of nitrogens with two attached hydrogens (primary N) is 2. The molecule has 4 N–H and O–H groups in total. The Morgan fingerprint density at radius 1 is 1.07 bits per heavy atom. The second-order valence-corrected chi connectivity index (χ2v) is 7.52. The first-order chi connectivity index (χ1) is 14.0. The van der Waals surface area contributed by atoms with Gasteiger partial charge in [-0.1, -0.05) is 43.3 Å². The Bertz CT molecular complexity index is 989. The maximum Gasteiger partial charge on any atom is 0.416 e. The second kappa shape index (κ2) is 7.85. The average molecular weight is 417 g/mol. The van der Waals surface area contributed by atoms with Crippen molar-refractivity contribution in [3.63, 3.8) is 0 Å². The number of alkyl halides is 3. The monoisotopic (exact) mass is 417 g/mol. The average Bonchev–Trinajstić information content (AvgIpc) is 2.72. The van der Waals surface area contributed by atoms with Gasteiger partial charge in [-0.3, -0.25) is 9.59 Å². The summed E-state index contributed by atoms with van der Waals surface area (Å²) in [5, 5.41) is 0. The quantitative estimate of drug-likeness (QED) is 0.780. The number of amides is 2. The normalized spacial score (nSPS) is 20.4. The first kappa shape index (κ1) is 21.4. The minimum absolute atomic E-state index is 0.00316. The van der Waals surface area contributed by atoms with Gasteiger partial charge >= 0.3 is 6.18 Å². The lowest BCUT2D eigenvalue weighted by Crippen LogP contribution is -2.52. The Hall–Kier alpha value is -3.29. The molecule has 30 heavy (non-hydrogen) atoms. The van der Waals surface area contributed by atoms with E-state index in [1.807, 2.05) is 37.3 Å². The predicted octanol–water partition coefficient (Wildman–Crippen LogP) is 3.56. The van der Waals surface area contributed by atoms with E-state index in [4.69, 9.17) is 11.5 Å². The van der Waals surface area contributed by atoms with Gasteiger partial charge < -0.3 is 16.4 Å². The summed E-state index contributed by atoms with van der Waals surface area (Å²) in [5.74, 6) is -1.81. The molecule has 2 unspecified atom stereocenters. The van der Waals surface area contributed by atoms with E-state index < -0.39 is 34.9 Å². The highest BCUT2D eigenvalue weighted by atomic mass is 19.4. The molecule has 0 aliphatic carbocycles. The molecule has 3 rings (SSSR count). The van der Waals surface area contributed by atoms with Crippen molar-refractivity contribution in [3.8, 4) is 0 Å². The molecule has 0 saturated heterocycles. The van der Waals surface area contributed by atoms with Gasteiger partial charge in [0.1, 0.15) is 0 Å². The Morgan fingerprint density at radius 3 is 2.30 bits per heavy atom. The summed E-state index contributed by atoms with van der Waals surface area (Å²) >= 11 is 0. The van der Waals surface area contributed by atoms with Gasteiger partial charge in [0.2, 0.25) is 11.8 Å². The van der Waals surface area contributed by atoms with E-state index in [1.165, 1.54) is 23.2 Å². The molecule has 1 heterocycles. The first-order valence-electron chi connectivity index (χ1n) is 9.34. The molecule has 1 aliphatic heterocycles. The van der Waals surface area contributed by atoms with Crippen molar-refractivity contribution in [1.29, 1.82) is 0 Å². The van der Waals surface area contributed by atoms with Gasteiger partial charge in [0.15, 0.2) is 0 Å². The Morgan fingerprint density at radius 2 is 1.73 bits per heavy atom. The minimum Gasteiger partial charge on any atom is -0.369 e. The molecule has 0 fully saturated rings. The molecule has 0 spiro atoms. The molecule has 2 aromatic carbocycles. The van der Waals surface area contributed by atoms with Gasteiger partial charge in [-0.15, -0.1) is 0 Å². The predicted molar refractivity (Wildman–Crippen MR) is 107 cm³/mol. The standard InChI is InChI=1S/C22H22F3N3O2/c1-14(15-6-3-2-4-7-15)21(20(27)30)11-16(19(26)29)12-28(13-21)18-9-5-8-17(10-18)22(23,24)25/h2-10,12,14H,11,13H2,1H3,(H2,26,29)(H2,27,30). The van der Waals surface area contributed by atoms with E-state index in [1.54, 1.807) is 0 Å². The fourth-order valence-corrected chi connectivity index (χ4v) is 3.89. The molecule has 0 aromatic heterocycles. The Balaban J connectivity index is 2.11. The van der Waals surface area contributed by atoms with E-state index in [0.717, 1.165) is 17.7 Å². The van der Waals surface area contributed by atoms with Crippen molar-refractivity contribution in [3.05, 3.63) is 77.5 Å². The highest BCUT2D eigenvalue weighted by molar-refractivity contribution is 5.95. The van der Waals surface area contributed by atoms with Crippen LogP contribution in [0.2, 0.25) is 0 Å². The number of nitrogens with zero attached hydrogens (tertiary/aromatic N) is 1. The molecule has 0 saturated carbocycles. The van der Waals surface area contributed by atoms with E-state index >= 15 is 0 Å². The zero-order valence-corrected chi connectivity index (χ0v) is 16.3. The van der Waals surface area contributed by atoms with E-state index in [9.17, 15) is 22.8 Å². The summed E-state index contributed by atoms with van der Waals surface area (Å²) < 4.78 is 39.6. The molecule has 1 aliphatic rings. The molecule has 0 radical (unpaired) electrons. The third-order valence-corrected chi connectivity index (χ3v) is 5.71. The fourth-order valence-electron chi connectivity index (χ4n) is 3.89. The van der Waals surface area contributed by atoms with Crippen molar-refractivity contribution in [1.82, 2.24) is 0 Å². The van der Waals surface area contributed by atoms with Crippen LogP contribution in [0.15, 0.2) is 66.4 Å². The number of rotatable bonds is 5. The summed E-state index contributed by atoms with van der Waals surface area (Å²) in [7, 11) is 0. The second-order valence-electron chi connectivity index (χ2n) is 7.52. The van der Waals surface area contributed by atoms with Crippen LogP contribution in [0.25, 0.3) is 0 Å². The van der Waals surface area contributed by atoms with E-state index in [-0.39, 0.29) is 24.2 Å². The van der Waals surface area contributed by atoms with Crippen LogP contribution >= 0.6 is 0 Å². The van der Waals surface area contributed by atoms with Crippen LogP contribution in [-0.2, 0) is 15.8 Å². The van der Waals surface area contributed by atoms with Gasteiger partial charge in [0.25, 0.3) is 0 Å². The first-order valence-corrected chi connectivity index (χ1v) is 9.34. The van der Waals surface area contributed by atoms with Crippen LogP contribution in [-0.4, -0.2) is 18.4 Å². The van der Waals surface area contributed by atoms with E-state index in [2.05, 4.69) is 0 Å². The number of halogens is 3. The SMILES string of the molecule is CC(c1ccccc1)C1(C(N)=O)CC(C(N)=O)=CN(c2cccc(C(F)(F)F)c2)C1. The molecular weight excluding hydrogens is 395 g/mol. The fraction of sp³-hybridized carbons (Fsp3) is 0.273. The van der Waals surface area contributed by atoms with Crippen molar-refractivity contribution >= 4 is 17.5 Å². The van der Waals surface area contributed by atoms with Gasteiger partial charge in [-0.2, -0.15) is 13.2 Å². The summed E-state index contributed by atoms with van der Waals surface area (Å²) in [4.78, 5) is 26.2. The van der Waals surface area contributed by atoms with Crippen LogP contribution in [0, 0.1) is 5.41 Å². The number of hydrogen-bond donors (Lipinski definition) is 2. The largest absolute Gasteiger partial charge is 0.416 e. The maximum absolute atomic E-state index is 13.2. The van der Waals surface area contributed by atoms with Crippen molar-refractivity contribution in [2.24, 2.45) is 16.9 Å². The van der Waals surface area contributed by atoms with Gasteiger partial charge in [0, 0.05) is 24.0 Å². The molecule has 5 nitrogen and oxygen atoms in total. The smallest absolute Gasteiger partial charge is 0.369 e. The summed E-state index contributed by atoms with van der Waals surface area (Å²) in [5.41, 5.74) is 10.4. The highest BCUT2D eigenvalue weighted by Gasteiger charge is 2.47.